The summed E-state index contributed by atoms with van der Waals surface area (Å²) in [6.07, 6.45) is 4.00. The molecule has 0 fully saturated rings. The van der Waals surface area contributed by atoms with Gasteiger partial charge in [-0.25, -0.2) is 4.98 Å². The van der Waals surface area contributed by atoms with Gasteiger partial charge in [-0.2, -0.15) is 0 Å². The highest BCUT2D eigenvalue weighted by molar-refractivity contribution is 9.09. The van der Waals surface area contributed by atoms with Crippen molar-refractivity contribution >= 4 is 15.9 Å². The van der Waals surface area contributed by atoms with E-state index in [1.165, 1.54) is 12.0 Å². The molecule has 1 aromatic heterocycles. The Morgan fingerprint density at radius 2 is 2.20 bits per heavy atom. The third-order valence-electron chi connectivity index (χ3n) is 2.19. The van der Waals surface area contributed by atoms with E-state index in [9.17, 15) is 0 Å². The van der Waals surface area contributed by atoms with Gasteiger partial charge in [0.15, 0.2) is 0 Å². The number of ether oxygens (including phenoxy) is 1. The molecule has 0 spiro atoms. The average molecular weight is 272 g/mol. The van der Waals surface area contributed by atoms with Crippen LogP contribution in [0.4, 0.5) is 0 Å². The van der Waals surface area contributed by atoms with Gasteiger partial charge in [0.1, 0.15) is 0 Å². The van der Waals surface area contributed by atoms with Crippen molar-refractivity contribution in [3.63, 3.8) is 0 Å². The van der Waals surface area contributed by atoms with Gasteiger partial charge in [0.25, 0.3) is 0 Å². The Kier molecular flexibility index (Phi) is 5.09. The molecule has 84 valence electrons. The lowest BCUT2D eigenvalue weighted by atomic mass is 10.0. The van der Waals surface area contributed by atoms with Crippen LogP contribution in [0.25, 0.3) is 0 Å². The topological polar surface area (TPSA) is 22.1 Å². The summed E-state index contributed by atoms with van der Waals surface area (Å²) in [4.78, 5) is 4.62. The third kappa shape index (κ3) is 4.65. The van der Waals surface area contributed by atoms with Crippen LogP contribution >= 0.6 is 15.9 Å². The van der Waals surface area contributed by atoms with Crippen LogP contribution in [-0.2, 0) is 6.42 Å². The van der Waals surface area contributed by atoms with Crippen molar-refractivity contribution in [2.45, 2.75) is 31.5 Å². The van der Waals surface area contributed by atoms with Crippen molar-refractivity contribution in [1.82, 2.24) is 4.98 Å². The molecular formula is C12H18BrNO. The first-order valence-electron chi connectivity index (χ1n) is 5.24. The predicted octanol–water partition coefficient (Wildman–Crippen LogP) is 3.44. The van der Waals surface area contributed by atoms with Crippen LogP contribution in [0.5, 0.6) is 5.88 Å². The summed E-state index contributed by atoms with van der Waals surface area (Å²) in [5, 5.41) is 0. The van der Waals surface area contributed by atoms with Crippen molar-refractivity contribution in [2.24, 2.45) is 5.92 Å². The third-order valence-corrected chi connectivity index (χ3v) is 2.89. The predicted molar refractivity (Wildman–Crippen MR) is 66.7 cm³/mol. The lowest BCUT2D eigenvalue weighted by Crippen LogP contribution is -2.06. The minimum absolute atomic E-state index is 0.532. The number of nitrogens with zero attached hydrogens (tertiary/aromatic N) is 1. The summed E-state index contributed by atoms with van der Waals surface area (Å²) in [7, 11) is 1.64. The zero-order chi connectivity index (χ0) is 11.3. The lowest BCUT2D eigenvalue weighted by molar-refractivity contribution is 0.397. The van der Waals surface area contributed by atoms with Crippen molar-refractivity contribution in [2.75, 3.05) is 7.11 Å². The number of methoxy groups -OCH3 is 1. The average Bonchev–Trinajstić information content (AvgIpc) is 2.16. The highest BCUT2D eigenvalue weighted by Gasteiger charge is 2.08. The van der Waals surface area contributed by atoms with Crippen LogP contribution in [0.1, 0.15) is 25.8 Å². The number of pyridine rings is 1. The summed E-state index contributed by atoms with van der Waals surface area (Å²) in [6.45, 7) is 4.47. The first-order chi connectivity index (χ1) is 7.11. The number of hydrogen-bond acceptors (Lipinski definition) is 2. The molecular weight excluding hydrogens is 254 g/mol. The highest BCUT2D eigenvalue weighted by Crippen LogP contribution is 2.19. The van der Waals surface area contributed by atoms with E-state index >= 15 is 0 Å². The van der Waals surface area contributed by atoms with Gasteiger partial charge < -0.3 is 4.74 Å². The molecule has 3 heteroatoms. The van der Waals surface area contributed by atoms with E-state index in [0.717, 1.165) is 12.3 Å². The molecule has 0 saturated heterocycles. The van der Waals surface area contributed by atoms with Crippen molar-refractivity contribution in [3.05, 3.63) is 23.9 Å². The molecule has 0 saturated carbocycles. The molecule has 0 bridgehead atoms. The largest absolute Gasteiger partial charge is 0.481 e. The maximum absolute atomic E-state index is 5.09. The van der Waals surface area contributed by atoms with E-state index in [4.69, 9.17) is 4.74 Å². The molecule has 1 unspecified atom stereocenters. The Bertz CT molecular complexity index is 301. The second kappa shape index (κ2) is 6.11. The number of alkyl halides is 1. The Morgan fingerprint density at radius 3 is 2.80 bits per heavy atom. The lowest BCUT2D eigenvalue weighted by Gasteiger charge is -2.12. The summed E-state index contributed by atoms with van der Waals surface area (Å²) >= 11 is 3.70. The standard InChI is InChI=1S/C12H18BrNO/c1-9(2)6-11(13)7-10-4-5-14-12(8-10)15-3/h4-5,8-9,11H,6-7H2,1-3H3. The molecule has 0 amide bonds. The molecule has 15 heavy (non-hydrogen) atoms. The summed E-state index contributed by atoms with van der Waals surface area (Å²) in [5.74, 6) is 1.41. The minimum atomic E-state index is 0.532. The molecule has 0 aliphatic rings. The monoisotopic (exact) mass is 271 g/mol. The molecule has 1 aromatic rings. The van der Waals surface area contributed by atoms with E-state index in [-0.39, 0.29) is 0 Å². The molecule has 1 atom stereocenters. The van der Waals surface area contributed by atoms with Gasteiger partial charge in [0.2, 0.25) is 5.88 Å². The number of halogens is 1. The summed E-state index contributed by atoms with van der Waals surface area (Å²) in [5.41, 5.74) is 1.27. The first kappa shape index (κ1) is 12.5. The number of aromatic nitrogens is 1. The van der Waals surface area contributed by atoms with Gasteiger partial charge in [-0.05, 0) is 30.4 Å². The molecule has 0 aliphatic heterocycles. The van der Waals surface area contributed by atoms with Gasteiger partial charge in [0, 0.05) is 17.1 Å². The van der Waals surface area contributed by atoms with Crippen LogP contribution in [0.3, 0.4) is 0 Å². The van der Waals surface area contributed by atoms with E-state index in [1.807, 2.05) is 12.1 Å². The summed E-state index contributed by atoms with van der Waals surface area (Å²) < 4.78 is 5.09. The van der Waals surface area contributed by atoms with Crippen molar-refractivity contribution < 1.29 is 4.74 Å². The maximum Gasteiger partial charge on any atom is 0.213 e. The van der Waals surface area contributed by atoms with E-state index in [0.29, 0.717) is 10.7 Å². The zero-order valence-corrected chi connectivity index (χ0v) is 11.1. The Labute approximate surface area is 100 Å². The molecule has 0 radical (unpaired) electrons. The normalized spacial score (nSPS) is 12.9. The smallest absolute Gasteiger partial charge is 0.213 e. The zero-order valence-electron chi connectivity index (χ0n) is 9.53. The fourth-order valence-electron chi connectivity index (χ4n) is 1.54. The number of hydrogen-bond donors (Lipinski definition) is 0. The fourth-order valence-corrected chi connectivity index (χ4v) is 2.66. The quantitative estimate of drug-likeness (QED) is 0.766. The molecule has 0 aromatic carbocycles. The molecule has 0 aliphatic carbocycles. The Morgan fingerprint density at radius 1 is 1.47 bits per heavy atom. The first-order valence-corrected chi connectivity index (χ1v) is 6.16. The van der Waals surface area contributed by atoms with Crippen molar-refractivity contribution in [1.29, 1.82) is 0 Å². The van der Waals surface area contributed by atoms with Gasteiger partial charge >= 0.3 is 0 Å². The van der Waals surface area contributed by atoms with Gasteiger partial charge in [0.05, 0.1) is 7.11 Å². The van der Waals surface area contributed by atoms with Gasteiger partial charge in [-0.15, -0.1) is 0 Å². The van der Waals surface area contributed by atoms with E-state index < -0.39 is 0 Å². The Balaban J connectivity index is 2.55. The Hall–Kier alpha value is -0.570. The second-order valence-electron chi connectivity index (χ2n) is 4.14. The van der Waals surface area contributed by atoms with Crippen LogP contribution in [0.15, 0.2) is 18.3 Å². The molecule has 2 nitrogen and oxygen atoms in total. The van der Waals surface area contributed by atoms with Crippen LogP contribution in [0.2, 0.25) is 0 Å². The molecule has 1 heterocycles. The van der Waals surface area contributed by atoms with Crippen molar-refractivity contribution in [3.8, 4) is 5.88 Å². The number of rotatable bonds is 5. The second-order valence-corrected chi connectivity index (χ2v) is 5.43. The van der Waals surface area contributed by atoms with Gasteiger partial charge in [-0.1, -0.05) is 29.8 Å². The van der Waals surface area contributed by atoms with Crippen LogP contribution < -0.4 is 4.74 Å². The fraction of sp³-hybridized carbons (Fsp3) is 0.583. The molecule has 0 N–H and O–H groups in total. The molecule has 1 rings (SSSR count). The maximum atomic E-state index is 5.09. The highest BCUT2D eigenvalue weighted by atomic mass is 79.9. The van der Waals surface area contributed by atoms with E-state index in [2.05, 4.69) is 34.8 Å². The van der Waals surface area contributed by atoms with Crippen LogP contribution in [0, 0.1) is 5.92 Å². The SMILES string of the molecule is COc1cc(CC(Br)CC(C)C)ccn1. The van der Waals surface area contributed by atoms with Gasteiger partial charge in [-0.3, -0.25) is 0 Å². The van der Waals surface area contributed by atoms with E-state index in [1.54, 1.807) is 13.3 Å². The minimum Gasteiger partial charge on any atom is -0.481 e. The summed E-state index contributed by atoms with van der Waals surface area (Å²) in [6, 6.07) is 4.03. The van der Waals surface area contributed by atoms with Crippen LogP contribution in [-0.4, -0.2) is 16.9 Å².